The molecule has 0 bridgehead atoms. The van der Waals surface area contributed by atoms with E-state index in [1.54, 1.807) is 24.5 Å². The molecule has 1 saturated heterocycles. The summed E-state index contributed by atoms with van der Waals surface area (Å²) in [5, 5.41) is 16.4. The van der Waals surface area contributed by atoms with Crippen LogP contribution in [0.2, 0.25) is 0 Å². The second kappa shape index (κ2) is 8.50. The zero-order valence-corrected chi connectivity index (χ0v) is 16.7. The summed E-state index contributed by atoms with van der Waals surface area (Å²) in [7, 11) is 1.66. The molecule has 2 aromatic carbocycles. The predicted molar refractivity (Wildman–Crippen MR) is 114 cm³/mol. The van der Waals surface area contributed by atoms with Gasteiger partial charge in [0.15, 0.2) is 5.13 Å². The number of methoxy groups -OCH3 is 1. The Balaban J connectivity index is 1.30. The van der Waals surface area contributed by atoms with Crippen LogP contribution in [0.1, 0.15) is 5.69 Å². The highest BCUT2D eigenvalue weighted by Crippen LogP contribution is 2.28. The largest absolute Gasteiger partial charge is 0.506 e. The summed E-state index contributed by atoms with van der Waals surface area (Å²) in [6.07, 6.45) is 0. The van der Waals surface area contributed by atoms with Crippen LogP contribution in [0.15, 0.2) is 53.9 Å². The zero-order valence-electron chi connectivity index (χ0n) is 15.8. The molecule has 6 nitrogen and oxygen atoms in total. The maximum absolute atomic E-state index is 10.0. The molecule has 0 spiro atoms. The Labute approximate surface area is 169 Å². The fourth-order valence-corrected chi connectivity index (χ4v) is 4.06. The van der Waals surface area contributed by atoms with E-state index in [-0.39, 0.29) is 0 Å². The first-order valence-electron chi connectivity index (χ1n) is 9.32. The second-order valence-electron chi connectivity index (χ2n) is 6.75. The van der Waals surface area contributed by atoms with Gasteiger partial charge in [0.05, 0.1) is 18.5 Å². The minimum atomic E-state index is 0.352. The number of nitrogens with zero attached hydrogens (tertiary/aromatic N) is 3. The van der Waals surface area contributed by atoms with Crippen molar-refractivity contribution in [2.24, 2.45) is 0 Å². The van der Waals surface area contributed by atoms with Gasteiger partial charge in [0.2, 0.25) is 0 Å². The minimum Gasteiger partial charge on any atom is -0.506 e. The lowest BCUT2D eigenvalue weighted by Crippen LogP contribution is -2.46. The molecule has 1 fully saturated rings. The first-order chi connectivity index (χ1) is 13.7. The van der Waals surface area contributed by atoms with Crippen LogP contribution in [-0.2, 0) is 6.54 Å². The van der Waals surface area contributed by atoms with E-state index in [1.165, 1.54) is 0 Å². The predicted octanol–water partition coefficient (Wildman–Crippen LogP) is 3.92. The van der Waals surface area contributed by atoms with Gasteiger partial charge in [-0.2, -0.15) is 0 Å². The first-order valence-corrected chi connectivity index (χ1v) is 10.2. The van der Waals surface area contributed by atoms with Gasteiger partial charge in [-0.05, 0) is 36.4 Å². The van der Waals surface area contributed by atoms with Crippen molar-refractivity contribution in [3.8, 4) is 11.5 Å². The number of hydrogen-bond acceptors (Lipinski definition) is 7. The number of thiazole rings is 1. The molecule has 1 aliphatic heterocycles. The van der Waals surface area contributed by atoms with Crippen molar-refractivity contribution in [1.82, 2.24) is 9.88 Å². The van der Waals surface area contributed by atoms with Crippen molar-refractivity contribution in [2.75, 3.05) is 43.5 Å². The summed E-state index contributed by atoms with van der Waals surface area (Å²) in [5.41, 5.74) is 3.00. The molecule has 0 unspecified atom stereocenters. The summed E-state index contributed by atoms with van der Waals surface area (Å²) in [6.45, 7) is 4.55. The van der Waals surface area contributed by atoms with Crippen LogP contribution in [0.4, 0.5) is 16.5 Å². The molecule has 1 aromatic heterocycles. The topological polar surface area (TPSA) is 60.9 Å². The number of aromatic hydroxyl groups is 1. The van der Waals surface area contributed by atoms with Gasteiger partial charge >= 0.3 is 0 Å². The Bertz CT molecular complexity index is 905. The van der Waals surface area contributed by atoms with Crippen LogP contribution >= 0.6 is 11.3 Å². The molecule has 3 aromatic rings. The van der Waals surface area contributed by atoms with Gasteiger partial charge in [-0.3, -0.25) is 4.90 Å². The summed E-state index contributed by atoms with van der Waals surface area (Å²) < 4.78 is 5.19. The standard InChI is InChI=1S/C21H24N4O2S/c1-27-18-8-6-16(7-9-18)22-21-23-17(15-28-21)14-24-10-12-25(13-11-24)19-4-2-3-5-20(19)26/h2-9,15,26H,10-14H2,1H3,(H,22,23). The Kier molecular flexibility index (Phi) is 5.64. The van der Waals surface area contributed by atoms with Crippen LogP contribution in [0, 0.1) is 0 Å². The molecule has 28 heavy (non-hydrogen) atoms. The maximum Gasteiger partial charge on any atom is 0.187 e. The van der Waals surface area contributed by atoms with Crippen molar-refractivity contribution >= 4 is 27.8 Å². The number of ether oxygens (including phenoxy) is 1. The van der Waals surface area contributed by atoms with Crippen molar-refractivity contribution in [1.29, 1.82) is 0 Å². The lowest BCUT2D eigenvalue weighted by atomic mass is 10.2. The molecule has 7 heteroatoms. The molecule has 2 heterocycles. The average molecular weight is 397 g/mol. The quantitative estimate of drug-likeness (QED) is 0.659. The number of benzene rings is 2. The molecule has 2 N–H and O–H groups in total. The lowest BCUT2D eigenvalue weighted by Gasteiger charge is -2.36. The number of piperazine rings is 1. The molecule has 0 amide bonds. The van der Waals surface area contributed by atoms with Crippen LogP contribution < -0.4 is 15.0 Å². The molecule has 1 aliphatic rings. The second-order valence-corrected chi connectivity index (χ2v) is 7.61. The van der Waals surface area contributed by atoms with Gasteiger partial charge in [-0.15, -0.1) is 11.3 Å². The van der Waals surface area contributed by atoms with Crippen LogP contribution in [0.3, 0.4) is 0 Å². The number of para-hydroxylation sites is 2. The highest BCUT2D eigenvalue weighted by molar-refractivity contribution is 7.13. The summed E-state index contributed by atoms with van der Waals surface area (Å²) in [5.74, 6) is 1.19. The van der Waals surface area contributed by atoms with E-state index < -0.39 is 0 Å². The number of nitrogens with one attached hydrogen (secondary N) is 1. The number of aromatic nitrogens is 1. The number of phenols is 1. The van der Waals surface area contributed by atoms with Crippen LogP contribution in [0.25, 0.3) is 0 Å². The molecule has 4 rings (SSSR count). The van der Waals surface area contributed by atoms with Crippen molar-refractivity contribution in [3.05, 3.63) is 59.6 Å². The lowest BCUT2D eigenvalue weighted by molar-refractivity contribution is 0.247. The van der Waals surface area contributed by atoms with Gasteiger partial charge in [0.25, 0.3) is 0 Å². The summed E-state index contributed by atoms with van der Waals surface area (Å²) >= 11 is 1.62. The van der Waals surface area contributed by atoms with Crippen molar-refractivity contribution < 1.29 is 9.84 Å². The molecular formula is C21H24N4O2S. The fraction of sp³-hybridized carbons (Fsp3) is 0.286. The van der Waals surface area contributed by atoms with Crippen LogP contribution in [0.5, 0.6) is 11.5 Å². The van der Waals surface area contributed by atoms with Crippen LogP contribution in [-0.4, -0.2) is 48.3 Å². The van der Waals surface area contributed by atoms with Gasteiger partial charge in [-0.25, -0.2) is 4.98 Å². The smallest absolute Gasteiger partial charge is 0.187 e. The van der Waals surface area contributed by atoms with E-state index in [1.807, 2.05) is 42.5 Å². The number of hydrogen-bond donors (Lipinski definition) is 2. The summed E-state index contributed by atoms with van der Waals surface area (Å²) in [6, 6.07) is 15.4. The molecule has 0 aliphatic carbocycles. The zero-order chi connectivity index (χ0) is 19.3. The number of phenolic OH excluding ortho intramolecular Hbond substituents is 1. The van der Waals surface area contributed by atoms with E-state index in [4.69, 9.17) is 9.72 Å². The van der Waals surface area contributed by atoms with E-state index in [0.29, 0.717) is 5.75 Å². The van der Waals surface area contributed by atoms with Gasteiger partial charge in [-0.1, -0.05) is 12.1 Å². The van der Waals surface area contributed by atoms with Crippen molar-refractivity contribution in [3.63, 3.8) is 0 Å². The SMILES string of the molecule is COc1ccc(Nc2nc(CN3CCN(c4ccccc4O)CC3)cs2)cc1. The fourth-order valence-electron chi connectivity index (χ4n) is 3.34. The Hall–Kier alpha value is -2.77. The molecular weight excluding hydrogens is 372 g/mol. The van der Waals surface area contributed by atoms with E-state index in [0.717, 1.165) is 60.7 Å². The van der Waals surface area contributed by atoms with Gasteiger partial charge in [0.1, 0.15) is 11.5 Å². The van der Waals surface area contributed by atoms with E-state index in [9.17, 15) is 5.11 Å². The highest BCUT2D eigenvalue weighted by atomic mass is 32.1. The third-order valence-electron chi connectivity index (χ3n) is 4.87. The third-order valence-corrected chi connectivity index (χ3v) is 5.68. The van der Waals surface area contributed by atoms with E-state index in [2.05, 4.69) is 20.5 Å². The number of rotatable bonds is 6. The molecule has 0 saturated carbocycles. The van der Waals surface area contributed by atoms with Crippen molar-refractivity contribution in [2.45, 2.75) is 6.54 Å². The molecule has 0 atom stereocenters. The molecule has 0 radical (unpaired) electrons. The normalized spacial score (nSPS) is 14.8. The third kappa shape index (κ3) is 4.37. The first kappa shape index (κ1) is 18.6. The Morgan fingerprint density at radius 3 is 2.54 bits per heavy atom. The average Bonchev–Trinajstić information content (AvgIpc) is 3.16. The maximum atomic E-state index is 10.0. The monoisotopic (exact) mass is 396 g/mol. The van der Waals surface area contributed by atoms with Gasteiger partial charge in [0, 0.05) is 43.8 Å². The summed E-state index contributed by atoms with van der Waals surface area (Å²) in [4.78, 5) is 9.36. The highest BCUT2D eigenvalue weighted by Gasteiger charge is 2.19. The Morgan fingerprint density at radius 1 is 1.07 bits per heavy atom. The van der Waals surface area contributed by atoms with Gasteiger partial charge < -0.3 is 20.1 Å². The Morgan fingerprint density at radius 2 is 1.82 bits per heavy atom. The molecule has 146 valence electrons. The van der Waals surface area contributed by atoms with E-state index >= 15 is 0 Å². The minimum absolute atomic E-state index is 0.352. The number of anilines is 3.